The highest BCUT2D eigenvalue weighted by Gasteiger charge is 2.31. The van der Waals surface area contributed by atoms with Crippen LogP contribution in [-0.2, 0) is 4.74 Å². The van der Waals surface area contributed by atoms with Gasteiger partial charge in [-0.2, -0.15) is 4.73 Å². The lowest BCUT2D eigenvalue weighted by Crippen LogP contribution is -2.43. The molecule has 0 bridgehead atoms. The lowest BCUT2D eigenvalue weighted by Gasteiger charge is -2.11. The average Bonchev–Trinajstić information content (AvgIpc) is 2.68. The van der Waals surface area contributed by atoms with Gasteiger partial charge < -0.3 is 9.94 Å². The third-order valence-electron chi connectivity index (χ3n) is 3.75. The minimum absolute atomic E-state index is 0.101. The maximum absolute atomic E-state index is 12.8. The fourth-order valence-electron chi connectivity index (χ4n) is 2.53. The molecule has 26 heavy (non-hydrogen) atoms. The van der Waals surface area contributed by atoms with Crippen molar-refractivity contribution in [2.75, 3.05) is 6.61 Å². The van der Waals surface area contributed by atoms with Crippen LogP contribution < -0.4 is 4.73 Å². The normalized spacial score (nSPS) is 10.3. The first-order chi connectivity index (χ1) is 12.6. The van der Waals surface area contributed by atoms with Gasteiger partial charge in [-0.1, -0.05) is 60.7 Å². The molecule has 0 spiro atoms. The van der Waals surface area contributed by atoms with E-state index in [0.717, 1.165) is 0 Å². The summed E-state index contributed by atoms with van der Waals surface area (Å²) in [6.07, 6.45) is 1.19. The van der Waals surface area contributed by atoms with Crippen molar-refractivity contribution < 1.29 is 19.1 Å². The maximum Gasteiger partial charge on any atom is 0.407 e. The van der Waals surface area contributed by atoms with Crippen LogP contribution in [0.25, 0.3) is 11.3 Å². The molecule has 0 N–H and O–H groups in total. The number of carbonyl (C=O) groups excluding carboxylic acids is 2. The topological polar surface area (TPSA) is 83.2 Å². The molecule has 0 fully saturated rings. The number of hydrogen-bond acceptors (Lipinski definition) is 5. The molecule has 0 amide bonds. The molecule has 0 atom stereocenters. The second-order valence-electron chi connectivity index (χ2n) is 5.42. The number of carbonyl (C=O) groups is 2. The van der Waals surface area contributed by atoms with E-state index in [2.05, 4.69) is 4.98 Å². The van der Waals surface area contributed by atoms with Crippen molar-refractivity contribution in [3.8, 4) is 11.3 Å². The monoisotopic (exact) mass is 348 g/mol. The molecule has 0 saturated heterocycles. The van der Waals surface area contributed by atoms with Crippen molar-refractivity contribution in [3.63, 3.8) is 0 Å². The van der Waals surface area contributed by atoms with E-state index >= 15 is 0 Å². The molecule has 0 radical (unpaired) electrons. The Morgan fingerprint density at radius 1 is 1.04 bits per heavy atom. The fourth-order valence-corrected chi connectivity index (χ4v) is 2.53. The first-order valence-corrected chi connectivity index (χ1v) is 8.08. The molecular formula is C20H16N2O4. The summed E-state index contributed by atoms with van der Waals surface area (Å²) in [5.74, 6) is -1.34. The molecule has 1 aromatic heterocycles. The average molecular weight is 348 g/mol. The summed E-state index contributed by atoms with van der Waals surface area (Å²) in [4.78, 5) is 29.2. The molecule has 1 heterocycles. The molecule has 0 aliphatic rings. The van der Waals surface area contributed by atoms with E-state index in [1.165, 1.54) is 6.20 Å². The predicted octanol–water partition coefficient (Wildman–Crippen LogP) is 2.79. The van der Waals surface area contributed by atoms with Crippen molar-refractivity contribution in [1.29, 1.82) is 0 Å². The largest absolute Gasteiger partial charge is 0.617 e. The Balaban J connectivity index is 2.16. The van der Waals surface area contributed by atoms with Gasteiger partial charge in [0, 0.05) is 11.1 Å². The standard InChI is InChI=1S/C20H16N2O4/c1-2-26-20(24)18-17(14-9-5-3-6-10-14)21-13-16(22(18)25)19(23)15-11-7-4-8-12-15/h3-13H,2H2,1H3. The van der Waals surface area contributed by atoms with Crippen LogP contribution in [0.1, 0.15) is 33.5 Å². The van der Waals surface area contributed by atoms with E-state index in [-0.39, 0.29) is 23.7 Å². The van der Waals surface area contributed by atoms with Crippen LogP contribution in [0.5, 0.6) is 0 Å². The number of aromatic nitrogens is 2. The van der Waals surface area contributed by atoms with Crippen LogP contribution in [0.15, 0.2) is 66.9 Å². The van der Waals surface area contributed by atoms with E-state index in [9.17, 15) is 14.8 Å². The van der Waals surface area contributed by atoms with Gasteiger partial charge in [0.1, 0.15) is 6.20 Å². The fraction of sp³-hybridized carbons (Fsp3) is 0.100. The second kappa shape index (κ2) is 7.57. The maximum atomic E-state index is 12.8. The van der Waals surface area contributed by atoms with Crippen molar-refractivity contribution in [2.24, 2.45) is 0 Å². The van der Waals surface area contributed by atoms with Crippen molar-refractivity contribution in [2.45, 2.75) is 6.92 Å². The zero-order chi connectivity index (χ0) is 18.5. The zero-order valence-corrected chi connectivity index (χ0v) is 14.1. The summed E-state index contributed by atoms with van der Waals surface area (Å²) in [5.41, 5.74) is 0.544. The van der Waals surface area contributed by atoms with Gasteiger partial charge in [0.15, 0.2) is 5.69 Å². The molecule has 0 aliphatic carbocycles. The Bertz CT molecular complexity index is 941. The van der Waals surface area contributed by atoms with Crippen LogP contribution in [0, 0.1) is 5.21 Å². The van der Waals surface area contributed by atoms with E-state index < -0.39 is 11.8 Å². The number of ketones is 1. The lowest BCUT2D eigenvalue weighted by atomic mass is 10.1. The minimum atomic E-state index is -0.823. The van der Waals surface area contributed by atoms with Gasteiger partial charge in [0.2, 0.25) is 0 Å². The van der Waals surface area contributed by atoms with E-state index in [4.69, 9.17) is 4.74 Å². The first-order valence-electron chi connectivity index (χ1n) is 8.08. The van der Waals surface area contributed by atoms with Crippen LogP contribution in [-0.4, -0.2) is 23.3 Å². The zero-order valence-electron chi connectivity index (χ0n) is 14.1. The van der Waals surface area contributed by atoms with E-state index in [1.54, 1.807) is 61.5 Å². The van der Waals surface area contributed by atoms with Crippen molar-refractivity contribution in [1.82, 2.24) is 4.98 Å². The lowest BCUT2D eigenvalue weighted by molar-refractivity contribution is -0.610. The molecule has 3 rings (SSSR count). The Hall–Kier alpha value is -3.54. The molecule has 0 unspecified atom stereocenters. The Morgan fingerprint density at radius 3 is 2.27 bits per heavy atom. The molecule has 2 aromatic carbocycles. The van der Waals surface area contributed by atoms with Crippen LogP contribution in [0.4, 0.5) is 0 Å². The molecule has 0 saturated carbocycles. The Labute approximate surface area is 150 Å². The Morgan fingerprint density at radius 2 is 1.65 bits per heavy atom. The van der Waals surface area contributed by atoms with Crippen LogP contribution >= 0.6 is 0 Å². The van der Waals surface area contributed by atoms with Crippen LogP contribution in [0.3, 0.4) is 0 Å². The van der Waals surface area contributed by atoms with Gasteiger partial charge in [-0.3, -0.25) is 4.79 Å². The summed E-state index contributed by atoms with van der Waals surface area (Å²) in [6, 6.07) is 17.1. The van der Waals surface area contributed by atoms with Gasteiger partial charge in [0.25, 0.3) is 11.5 Å². The third kappa shape index (κ3) is 3.30. The highest BCUT2D eigenvalue weighted by atomic mass is 16.5. The minimum Gasteiger partial charge on any atom is -0.617 e. The van der Waals surface area contributed by atoms with Crippen molar-refractivity contribution >= 4 is 11.8 Å². The molecule has 0 aliphatic heterocycles. The molecule has 6 nitrogen and oxygen atoms in total. The summed E-state index contributed by atoms with van der Waals surface area (Å²) in [7, 11) is 0. The number of esters is 1. The van der Waals surface area contributed by atoms with Crippen molar-refractivity contribution in [3.05, 3.63) is 89.0 Å². The summed E-state index contributed by atoms with van der Waals surface area (Å²) in [5, 5.41) is 12.8. The number of benzene rings is 2. The quantitative estimate of drug-likeness (QED) is 0.306. The van der Waals surface area contributed by atoms with E-state index in [1.807, 2.05) is 6.07 Å². The van der Waals surface area contributed by atoms with Gasteiger partial charge >= 0.3 is 11.7 Å². The van der Waals surface area contributed by atoms with E-state index in [0.29, 0.717) is 15.9 Å². The molecule has 3 aromatic rings. The van der Waals surface area contributed by atoms with Crippen LogP contribution in [0.2, 0.25) is 0 Å². The summed E-state index contributed by atoms with van der Waals surface area (Å²) in [6.45, 7) is 1.74. The number of ether oxygens (including phenoxy) is 1. The summed E-state index contributed by atoms with van der Waals surface area (Å²) < 4.78 is 5.31. The van der Waals surface area contributed by atoms with Gasteiger partial charge in [-0.25, -0.2) is 9.78 Å². The predicted molar refractivity (Wildman–Crippen MR) is 94.5 cm³/mol. The van der Waals surface area contributed by atoms with Gasteiger partial charge in [-0.05, 0) is 6.92 Å². The molecule has 6 heteroatoms. The Kier molecular flexibility index (Phi) is 5.03. The SMILES string of the molecule is CCOC(=O)c1c(-c2ccccc2)ncc(C(=O)c2ccccc2)[n+]1[O-]. The highest BCUT2D eigenvalue weighted by molar-refractivity contribution is 6.07. The highest BCUT2D eigenvalue weighted by Crippen LogP contribution is 2.20. The second-order valence-corrected chi connectivity index (χ2v) is 5.42. The van der Waals surface area contributed by atoms with Gasteiger partial charge in [0.05, 0.1) is 6.61 Å². The number of rotatable bonds is 5. The molecular weight excluding hydrogens is 332 g/mol. The smallest absolute Gasteiger partial charge is 0.407 e. The number of nitrogens with zero attached hydrogens (tertiary/aromatic N) is 2. The third-order valence-corrected chi connectivity index (χ3v) is 3.75. The number of hydrogen-bond donors (Lipinski definition) is 0. The van der Waals surface area contributed by atoms with Gasteiger partial charge in [-0.15, -0.1) is 0 Å². The summed E-state index contributed by atoms with van der Waals surface area (Å²) >= 11 is 0. The first kappa shape index (κ1) is 17.3. The molecule has 130 valence electrons.